The molecule has 1 atom stereocenters. The van der Waals surface area contributed by atoms with Gasteiger partial charge in [-0.15, -0.1) is 0 Å². The van der Waals surface area contributed by atoms with Crippen LogP contribution in [-0.2, 0) is 15.1 Å². The summed E-state index contributed by atoms with van der Waals surface area (Å²) in [5.74, 6) is -1.37. The van der Waals surface area contributed by atoms with Gasteiger partial charge >= 0.3 is 5.97 Å². The molecular formula is C12H14BrNO3. The van der Waals surface area contributed by atoms with Crippen LogP contribution in [0, 0.1) is 0 Å². The van der Waals surface area contributed by atoms with Crippen molar-refractivity contribution in [3.63, 3.8) is 0 Å². The molecule has 0 aliphatic rings. The van der Waals surface area contributed by atoms with Gasteiger partial charge in [-0.25, -0.2) is 4.79 Å². The van der Waals surface area contributed by atoms with Crippen molar-refractivity contribution in [3.8, 4) is 0 Å². The van der Waals surface area contributed by atoms with Gasteiger partial charge in [-0.3, -0.25) is 4.79 Å². The van der Waals surface area contributed by atoms with Crippen LogP contribution in [-0.4, -0.2) is 28.9 Å². The second-order valence-corrected chi connectivity index (χ2v) is 4.79. The second-order valence-electron chi connectivity index (χ2n) is 3.94. The van der Waals surface area contributed by atoms with E-state index in [9.17, 15) is 14.7 Å². The highest BCUT2D eigenvalue weighted by atomic mass is 79.9. The Hall–Kier alpha value is -1.36. The molecule has 0 aromatic heterocycles. The number of carbonyl (C=O) groups is 2. The van der Waals surface area contributed by atoms with Crippen LogP contribution in [0.25, 0.3) is 0 Å². The van der Waals surface area contributed by atoms with Gasteiger partial charge in [-0.05, 0) is 13.0 Å². The molecule has 92 valence electrons. The molecule has 5 heteroatoms. The van der Waals surface area contributed by atoms with E-state index in [2.05, 4.69) is 15.9 Å². The smallest absolute Gasteiger partial charge is 0.334 e. The number of amides is 1. The van der Waals surface area contributed by atoms with Gasteiger partial charge in [-0.1, -0.05) is 34.1 Å². The highest BCUT2D eigenvalue weighted by molar-refractivity contribution is 9.10. The molecule has 4 nitrogen and oxygen atoms in total. The maximum absolute atomic E-state index is 11.5. The molecule has 0 bridgehead atoms. The van der Waals surface area contributed by atoms with Crippen molar-refractivity contribution in [2.24, 2.45) is 0 Å². The van der Waals surface area contributed by atoms with E-state index in [0.29, 0.717) is 10.0 Å². The summed E-state index contributed by atoms with van der Waals surface area (Å²) < 4.78 is 0.665. The molecule has 1 unspecified atom stereocenters. The van der Waals surface area contributed by atoms with E-state index in [1.165, 1.54) is 25.8 Å². The van der Waals surface area contributed by atoms with Crippen molar-refractivity contribution in [1.82, 2.24) is 4.90 Å². The number of rotatable bonds is 3. The molecule has 0 saturated heterocycles. The first-order valence-electron chi connectivity index (χ1n) is 5.04. The highest BCUT2D eigenvalue weighted by Gasteiger charge is 2.42. The van der Waals surface area contributed by atoms with E-state index in [4.69, 9.17) is 0 Å². The van der Waals surface area contributed by atoms with E-state index in [-0.39, 0.29) is 5.91 Å². The zero-order chi connectivity index (χ0) is 13.2. The molecule has 0 aliphatic carbocycles. The lowest BCUT2D eigenvalue weighted by atomic mass is 9.90. The first kappa shape index (κ1) is 13.7. The second kappa shape index (κ2) is 4.87. The number of aliphatic carboxylic acids is 1. The molecule has 1 amide bonds. The van der Waals surface area contributed by atoms with Crippen LogP contribution in [0.15, 0.2) is 28.7 Å². The van der Waals surface area contributed by atoms with Gasteiger partial charge in [0.15, 0.2) is 5.54 Å². The van der Waals surface area contributed by atoms with E-state index in [1.54, 1.807) is 24.3 Å². The van der Waals surface area contributed by atoms with Gasteiger partial charge in [0.1, 0.15) is 0 Å². The minimum atomic E-state index is -1.38. The third-order valence-electron chi connectivity index (χ3n) is 2.96. The molecule has 1 aromatic carbocycles. The van der Waals surface area contributed by atoms with Crippen molar-refractivity contribution >= 4 is 27.8 Å². The van der Waals surface area contributed by atoms with Crippen molar-refractivity contribution in [2.75, 3.05) is 7.05 Å². The summed E-state index contributed by atoms with van der Waals surface area (Å²) in [6, 6.07) is 6.99. The number of halogens is 1. The molecular weight excluding hydrogens is 286 g/mol. The Morgan fingerprint density at radius 3 is 2.29 bits per heavy atom. The fourth-order valence-electron chi connectivity index (χ4n) is 1.61. The van der Waals surface area contributed by atoms with E-state index >= 15 is 0 Å². The average Bonchev–Trinajstić information content (AvgIpc) is 2.27. The van der Waals surface area contributed by atoms with Crippen molar-refractivity contribution in [1.29, 1.82) is 0 Å². The molecule has 1 aromatic rings. The summed E-state index contributed by atoms with van der Waals surface area (Å²) in [5, 5.41) is 9.41. The Morgan fingerprint density at radius 2 is 1.88 bits per heavy atom. The highest BCUT2D eigenvalue weighted by Crippen LogP contribution is 2.33. The monoisotopic (exact) mass is 299 g/mol. The van der Waals surface area contributed by atoms with Crippen LogP contribution in [0.1, 0.15) is 19.4 Å². The van der Waals surface area contributed by atoms with Crippen LogP contribution in [0.3, 0.4) is 0 Å². The third-order valence-corrected chi connectivity index (χ3v) is 3.65. The van der Waals surface area contributed by atoms with Crippen LogP contribution in [0.2, 0.25) is 0 Å². The number of likely N-dealkylation sites (N-methyl/N-ethyl adjacent to an activating group) is 1. The van der Waals surface area contributed by atoms with E-state index in [1.807, 2.05) is 0 Å². The van der Waals surface area contributed by atoms with Crippen molar-refractivity contribution in [3.05, 3.63) is 34.3 Å². The standard InChI is InChI=1S/C12H14BrNO3/c1-8(15)14(3)12(2,11(16)17)9-6-4-5-7-10(9)13/h4-7H,1-3H3,(H,16,17). The molecule has 0 heterocycles. The summed E-state index contributed by atoms with van der Waals surface area (Å²) in [6.45, 7) is 2.86. The van der Waals surface area contributed by atoms with Gasteiger partial charge in [0.25, 0.3) is 0 Å². The lowest BCUT2D eigenvalue weighted by Crippen LogP contribution is -2.50. The summed E-state index contributed by atoms with van der Waals surface area (Å²) in [7, 11) is 1.48. The summed E-state index contributed by atoms with van der Waals surface area (Å²) >= 11 is 3.32. The number of carbonyl (C=O) groups excluding carboxylic acids is 1. The zero-order valence-electron chi connectivity index (χ0n) is 9.90. The summed E-state index contributed by atoms with van der Waals surface area (Å²) in [5.41, 5.74) is -0.837. The van der Waals surface area contributed by atoms with Gasteiger partial charge < -0.3 is 10.0 Å². The quantitative estimate of drug-likeness (QED) is 0.931. The Labute approximate surface area is 108 Å². The lowest BCUT2D eigenvalue weighted by Gasteiger charge is -2.35. The first-order valence-corrected chi connectivity index (χ1v) is 5.84. The molecule has 0 saturated carbocycles. The average molecular weight is 300 g/mol. The molecule has 1 N–H and O–H groups in total. The first-order chi connectivity index (χ1) is 7.81. The van der Waals surface area contributed by atoms with Crippen LogP contribution < -0.4 is 0 Å². The van der Waals surface area contributed by atoms with Crippen molar-refractivity contribution in [2.45, 2.75) is 19.4 Å². The topological polar surface area (TPSA) is 57.6 Å². The minimum absolute atomic E-state index is 0.300. The number of carboxylic acids is 1. The fourth-order valence-corrected chi connectivity index (χ4v) is 2.28. The SMILES string of the molecule is CC(=O)N(C)C(C)(C(=O)O)c1ccccc1Br. The molecule has 0 aliphatic heterocycles. The van der Waals surface area contributed by atoms with Crippen LogP contribution in [0.4, 0.5) is 0 Å². The third kappa shape index (κ3) is 2.34. The Bertz CT molecular complexity index is 461. The predicted molar refractivity (Wildman–Crippen MR) is 67.6 cm³/mol. The van der Waals surface area contributed by atoms with Gasteiger partial charge in [0.2, 0.25) is 5.91 Å². The molecule has 0 radical (unpaired) electrons. The van der Waals surface area contributed by atoms with Gasteiger partial charge in [-0.2, -0.15) is 0 Å². The normalized spacial score (nSPS) is 13.9. The Morgan fingerprint density at radius 1 is 1.35 bits per heavy atom. The summed E-state index contributed by atoms with van der Waals surface area (Å²) in [6.07, 6.45) is 0. The van der Waals surface area contributed by atoms with Crippen LogP contribution >= 0.6 is 15.9 Å². The van der Waals surface area contributed by atoms with Crippen molar-refractivity contribution < 1.29 is 14.7 Å². The van der Waals surface area contributed by atoms with Gasteiger partial charge in [0, 0.05) is 24.0 Å². The number of nitrogens with zero attached hydrogens (tertiary/aromatic N) is 1. The number of hydrogen-bond acceptors (Lipinski definition) is 2. The van der Waals surface area contributed by atoms with E-state index < -0.39 is 11.5 Å². The van der Waals surface area contributed by atoms with Crippen LogP contribution in [0.5, 0.6) is 0 Å². The van der Waals surface area contributed by atoms with Gasteiger partial charge in [0.05, 0.1) is 0 Å². The largest absolute Gasteiger partial charge is 0.479 e. The maximum Gasteiger partial charge on any atom is 0.334 e. The Kier molecular flexibility index (Phi) is 3.93. The summed E-state index contributed by atoms with van der Waals surface area (Å²) in [4.78, 5) is 24.1. The maximum atomic E-state index is 11.5. The molecule has 17 heavy (non-hydrogen) atoms. The van der Waals surface area contributed by atoms with E-state index in [0.717, 1.165) is 0 Å². The Balaban J connectivity index is 3.41. The lowest BCUT2D eigenvalue weighted by molar-refractivity contribution is -0.156. The number of hydrogen-bond donors (Lipinski definition) is 1. The number of benzene rings is 1. The molecule has 0 fully saturated rings. The fraction of sp³-hybridized carbons (Fsp3) is 0.333. The molecule has 0 spiro atoms. The zero-order valence-corrected chi connectivity index (χ0v) is 11.5. The number of carboxylic acid groups (broad SMARTS) is 1. The molecule has 1 rings (SSSR count). The predicted octanol–water partition coefficient (Wildman–Crippen LogP) is 2.23. The minimum Gasteiger partial charge on any atom is -0.479 e.